The van der Waals surface area contributed by atoms with Gasteiger partial charge in [0.1, 0.15) is 11.6 Å². The Morgan fingerprint density at radius 3 is 2.50 bits per heavy atom. The summed E-state index contributed by atoms with van der Waals surface area (Å²) in [5.41, 5.74) is 6.61. The fraction of sp³-hybridized carbons (Fsp3) is 0.317. The van der Waals surface area contributed by atoms with Gasteiger partial charge in [-0.1, -0.05) is 36.4 Å². The van der Waals surface area contributed by atoms with Crippen molar-refractivity contribution in [2.45, 2.75) is 46.0 Å². The maximum Gasteiger partial charge on any atom is 0.265 e. The second kappa shape index (κ2) is 13.8. The number of anilines is 3. The Hall–Kier alpha value is -5.13. The van der Waals surface area contributed by atoms with Gasteiger partial charge in [-0.2, -0.15) is 0 Å². The van der Waals surface area contributed by atoms with Crippen molar-refractivity contribution in [3.63, 3.8) is 0 Å². The highest BCUT2D eigenvalue weighted by atomic mass is 32.1. The number of nitrogens with one attached hydrogen (secondary N) is 2. The maximum atomic E-state index is 14.5. The highest BCUT2D eigenvalue weighted by molar-refractivity contribution is 7.17. The topological polar surface area (TPSA) is 104 Å². The summed E-state index contributed by atoms with van der Waals surface area (Å²) in [4.78, 5) is 51.1. The van der Waals surface area contributed by atoms with E-state index in [1.165, 1.54) is 17.4 Å². The quantitative estimate of drug-likeness (QED) is 0.216. The van der Waals surface area contributed by atoms with Gasteiger partial charge in [0.15, 0.2) is 0 Å². The predicted molar refractivity (Wildman–Crippen MR) is 201 cm³/mol. The number of thiophene rings is 1. The number of rotatable bonds is 6. The lowest BCUT2D eigenvalue weighted by molar-refractivity contribution is -0.115. The third-order valence-corrected chi connectivity index (χ3v) is 11.8. The Morgan fingerprint density at radius 1 is 0.923 bits per heavy atom. The molecule has 3 amide bonds. The van der Waals surface area contributed by atoms with Crippen molar-refractivity contribution in [3.05, 3.63) is 117 Å². The molecule has 0 unspecified atom stereocenters. The molecule has 2 saturated heterocycles. The van der Waals surface area contributed by atoms with Gasteiger partial charge in [-0.3, -0.25) is 14.4 Å². The molecule has 11 heteroatoms. The fourth-order valence-corrected chi connectivity index (χ4v) is 8.84. The average molecular weight is 718 g/mol. The molecule has 2 N–H and O–H groups in total. The Balaban J connectivity index is 0.971. The lowest BCUT2D eigenvalue weighted by Crippen LogP contribution is -2.59. The SMILES string of the molecule is Cc1cnc(N2CC3(CCOCC3)C2)c(C(=O)NC2=CC=C(C(=O)N3CCc4cc(C(=O)Nc5c(C)cccc5F)sc4-c4ccccc43)CC2)c1. The van der Waals surface area contributed by atoms with Crippen LogP contribution in [0.3, 0.4) is 0 Å². The van der Waals surface area contributed by atoms with E-state index in [-0.39, 0.29) is 28.8 Å². The number of hydrogen-bond acceptors (Lipinski definition) is 7. The average Bonchev–Trinajstić information content (AvgIpc) is 3.51. The summed E-state index contributed by atoms with van der Waals surface area (Å²) in [6.45, 7) is 7.46. The molecule has 0 saturated carbocycles. The second-order valence-corrected chi connectivity index (χ2v) is 15.3. The van der Waals surface area contributed by atoms with Gasteiger partial charge in [0.25, 0.3) is 17.7 Å². The zero-order valence-electron chi connectivity index (χ0n) is 29.3. The first-order chi connectivity index (χ1) is 25.2. The molecule has 0 radical (unpaired) electrons. The predicted octanol–water partition coefficient (Wildman–Crippen LogP) is 7.36. The molecule has 3 aliphatic heterocycles. The number of aryl methyl sites for hydroxylation is 2. The van der Waals surface area contributed by atoms with Crippen LogP contribution in [0.2, 0.25) is 0 Å². The van der Waals surface area contributed by atoms with Crippen LogP contribution in [0.1, 0.15) is 62.4 Å². The molecule has 2 aromatic carbocycles. The first-order valence-corrected chi connectivity index (χ1v) is 18.6. The van der Waals surface area contributed by atoms with E-state index in [0.29, 0.717) is 53.2 Å². The molecule has 4 aromatic rings. The molecule has 2 fully saturated rings. The molecule has 9 nitrogen and oxygen atoms in total. The van der Waals surface area contributed by atoms with Crippen molar-refractivity contribution in [2.24, 2.45) is 5.41 Å². The molecule has 52 heavy (non-hydrogen) atoms. The van der Waals surface area contributed by atoms with Crippen molar-refractivity contribution in [1.82, 2.24) is 10.3 Å². The zero-order valence-corrected chi connectivity index (χ0v) is 30.1. The summed E-state index contributed by atoms with van der Waals surface area (Å²) in [6.07, 6.45) is 9.10. The van der Waals surface area contributed by atoms with Gasteiger partial charge in [0.2, 0.25) is 0 Å². The molecule has 8 rings (SSSR count). The number of nitrogens with zero attached hydrogens (tertiary/aromatic N) is 3. The molecule has 1 aliphatic carbocycles. The minimum absolute atomic E-state index is 0.0813. The monoisotopic (exact) mass is 717 g/mol. The van der Waals surface area contributed by atoms with E-state index in [1.54, 1.807) is 19.1 Å². The van der Waals surface area contributed by atoms with Crippen molar-refractivity contribution in [3.8, 4) is 10.4 Å². The highest BCUT2D eigenvalue weighted by Gasteiger charge is 2.45. The number of allylic oxidation sites excluding steroid dienone is 3. The normalized spacial score (nSPS) is 17.6. The Labute approximate surface area is 306 Å². The number of halogens is 1. The van der Waals surface area contributed by atoms with Crippen LogP contribution >= 0.6 is 11.3 Å². The number of benzene rings is 2. The number of ether oxygens (including phenoxy) is 1. The third kappa shape index (κ3) is 6.43. The first-order valence-electron chi connectivity index (χ1n) is 17.8. The zero-order chi connectivity index (χ0) is 36.0. The van der Waals surface area contributed by atoms with Crippen LogP contribution in [0.25, 0.3) is 10.4 Å². The van der Waals surface area contributed by atoms with Gasteiger partial charge in [0.05, 0.1) is 21.8 Å². The van der Waals surface area contributed by atoms with E-state index in [4.69, 9.17) is 4.74 Å². The van der Waals surface area contributed by atoms with Gasteiger partial charge >= 0.3 is 0 Å². The molecule has 2 aromatic heterocycles. The number of para-hydroxylation sites is 2. The number of aromatic nitrogens is 1. The van der Waals surface area contributed by atoms with Gasteiger partial charge < -0.3 is 25.2 Å². The first kappa shape index (κ1) is 34.0. The number of pyridine rings is 1. The molecule has 266 valence electrons. The van der Waals surface area contributed by atoms with Crippen molar-refractivity contribution in [1.29, 1.82) is 0 Å². The van der Waals surface area contributed by atoms with E-state index in [1.807, 2.05) is 66.6 Å². The highest BCUT2D eigenvalue weighted by Crippen LogP contribution is 2.44. The summed E-state index contributed by atoms with van der Waals surface area (Å²) in [6, 6.07) is 16.2. The Morgan fingerprint density at radius 2 is 1.73 bits per heavy atom. The number of carbonyl (C=O) groups excluding carboxylic acids is 3. The molecular formula is C41H40FN5O4S. The van der Waals surface area contributed by atoms with Crippen LogP contribution in [0.5, 0.6) is 0 Å². The van der Waals surface area contributed by atoms with E-state index in [2.05, 4.69) is 20.5 Å². The summed E-state index contributed by atoms with van der Waals surface area (Å²) in [5.74, 6) is -0.404. The largest absolute Gasteiger partial charge is 0.381 e. The number of carbonyl (C=O) groups is 3. The summed E-state index contributed by atoms with van der Waals surface area (Å²) >= 11 is 1.35. The lowest BCUT2D eigenvalue weighted by Gasteiger charge is -2.53. The van der Waals surface area contributed by atoms with Gasteiger partial charge in [-0.05, 0) is 93.0 Å². The van der Waals surface area contributed by atoms with Crippen LogP contribution in [0.4, 0.5) is 21.6 Å². The second-order valence-electron chi connectivity index (χ2n) is 14.3. The van der Waals surface area contributed by atoms with Crippen LogP contribution < -0.4 is 20.4 Å². The van der Waals surface area contributed by atoms with Crippen LogP contribution in [0, 0.1) is 25.1 Å². The summed E-state index contributed by atoms with van der Waals surface area (Å²) < 4.78 is 20.0. The summed E-state index contributed by atoms with van der Waals surface area (Å²) in [7, 11) is 0. The van der Waals surface area contributed by atoms with Crippen molar-refractivity contribution >= 4 is 46.3 Å². The number of hydrogen-bond donors (Lipinski definition) is 2. The minimum atomic E-state index is -0.476. The summed E-state index contributed by atoms with van der Waals surface area (Å²) in [5, 5.41) is 5.85. The smallest absolute Gasteiger partial charge is 0.265 e. The number of amides is 3. The van der Waals surface area contributed by atoms with E-state index in [0.717, 1.165) is 72.1 Å². The van der Waals surface area contributed by atoms with Crippen LogP contribution in [-0.4, -0.2) is 55.6 Å². The van der Waals surface area contributed by atoms with E-state index >= 15 is 0 Å². The maximum absolute atomic E-state index is 14.5. The molecule has 4 aliphatic rings. The molecule has 5 heterocycles. The van der Waals surface area contributed by atoms with Gasteiger partial charge in [-0.15, -0.1) is 11.3 Å². The minimum Gasteiger partial charge on any atom is -0.381 e. The van der Waals surface area contributed by atoms with Crippen molar-refractivity contribution < 1.29 is 23.5 Å². The third-order valence-electron chi connectivity index (χ3n) is 10.6. The Kier molecular flexibility index (Phi) is 9.00. The van der Waals surface area contributed by atoms with Crippen molar-refractivity contribution in [2.75, 3.05) is 48.0 Å². The Bertz CT molecular complexity index is 2140. The molecular weight excluding hydrogens is 678 g/mol. The number of fused-ring (bicyclic) bond motifs is 3. The van der Waals surface area contributed by atoms with E-state index in [9.17, 15) is 18.8 Å². The molecule has 0 atom stereocenters. The van der Waals surface area contributed by atoms with E-state index < -0.39 is 5.82 Å². The fourth-order valence-electron chi connectivity index (χ4n) is 7.71. The van der Waals surface area contributed by atoms with Gasteiger partial charge in [0, 0.05) is 66.2 Å². The van der Waals surface area contributed by atoms with Crippen LogP contribution in [-0.2, 0) is 16.0 Å². The lowest BCUT2D eigenvalue weighted by atomic mass is 9.73. The standard InChI is InChI=1S/C41H40FN5O4S/c1-25-20-31(37(43-22-25)46-23-41(24-46)15-18-51-19-16-41)38(48)44-29-12-10-27(11-13-29)40(50)47-17-14-28-21-34(52-36(28)30-7-3-4-9-33(30)47)39(49)45-35-26(2)6-5-8-32(35)42/h3-10,12,20-22H,11,13-19,23-24H2,1-2H3,(H,44,48)(H,45,49). The van der Waals surface area contributed by atoms with Gasteiger partial charge in [-0.25, -0.2) is 9.37 Å². The molecule has 1 spiro atoms. The molecule has 0 bridgehead atoms. The van der Waals surface area contributed by atoms with Crippen LogP contribution in [0.15, 0.2) is 84.2 Å².